The van der Waals surface area contributed by atoms with Gasteiger partial charge in [-0.25, -0.2) is 12.2 Å². The van der Waals surface area contributed by atoms with Gasteiger partial charge in [-0.2, -0.15) is 6.08 Å². The third-order valence-electron chi connectivity index (χ3n) is 7.75. The molecular weight excluding hydrogens is 908 g/mol. The Bertz CT molecular complexity index is 1670. The standard InChI is InChI=1S/C21H25.C15H12I2.C5H5.2ClH.Zr/c1-20(2,3)16-9-7-14-11-15-8-10-17(21(4,5)6)13-19(15)18(14)12-16;16-14-10-3-1-6-12(14)8-5-9-13-7-2-4-11-15(13)17;1-2-4-5-3-1;;;/h7-13H,1-6H3;1-4,6-7,10-11H,8-9H2;1-3H,4H2;2*1H;/q-1;;-1;;;+2. The van der Waals surface area contributed by atoms with E-state index in [2.05, 4.69) is 190 Å². The predicted molar refractivity (Wildman–Crippen MR) is 221 cm³/mol. The van der Waals surface area contributed by atoms with Crippen LogP contribution in [0.3, 0.4) is 0 Å². The van der Waals surface area contributed by atoms with Crippen molar-refractivity contribution in [3.63, 3.8) is 0 Å². The fourth-order valence-corrected chi connectivity index (χ4v) is 7.17. The van der Waals surface area contributed by atoms with Gasteiger partial charge in [-0.1, -0.05) is 76.9 Å². The maximum absolute atomic E-state index is 2.99. The monoisotopic (exact) mass is 950 g/mol. The Balaban J connectivity index is 0.000000270. The van der Waals surface area contributed by atoms with Gasteiger partial charge in [-0.05, 0) is 10.8 Å². The van der Waals surface area contributed by atoms with E-state index >= 15 is 0 Å². The van der Waals surface area contributed by atoms with Crippen molar-refractivity contribution in [2.75, 3.05) is 0 Å². The Morgan fingerprint density at radius 3 is 1.46 bits per heavy atom. The summed E-state index contributed by atoms with van der Waals surface area (Å²) >= 11 is 6.40. The second-order valence-corrected chi connectivity index (χ2v) is 17.5. The van der Waals surface area contributed by atoms with Crippen molar-refractivity contribution in [3.8, 4) is 0 Å². The summed E-state index contributed by atoms with van der Waals surface area (Å²) in [4.78, 5) is 0. The summed E-state index contributed by atoms with van der Waals surface area (Å²) in [5.74, 6) is 0. The summed E-state index contributed by atoms with van der Waals surface area (Å²) in [6, 6.07) is 33.5. The van der Waals surface area contributed by atoms with Gasteiger partial charge in [0.1, 0.15) is 0 Å². The molecule has 0 N–H and O–H groups in total. The Morgan fingerprint density at radius 2 is 1.13 bits per heavy atom. The van der Waals surface area contributed by atoms with Crippen molar-refractivity contribution in [1.82, 2.24) is 0 Å². The van der Waals surface area contributed by atoms with Crippen LogP contribution in [0, 0.1) is 13.2 Å². The van der Waals surface area contributed by atoms with Crippen molar-refractivity contribution in [3.05, 3.63) is 145 Å². The van der Waals surface area contributed by atoms with E-state index in [0.717, 1.165) is 19.3 Å². The first-order valence-corrected chi connectivity index (χ1v) is 18.6. The van der Waals surface area contributed by atoms with Crippen LogP contribution in [0.25, 0.3) is 21.5 Å². The van der Waals surface area contributed by atoms with Gasteiger partial charge in [0.25, 0.3) is 0 Å². The third kappa shape index (κ3) is 11.9. The van der Waals surface area contributed by atoms with Gasteiger partial charge < -0.3 is 0 Å². The second kappa shape index (κ2) is 18.7. The molecule has 0 radical (unpaired) electrons. The topological polar surface area (TPSA) is 0 Å². The van der Waals surface area contributed by atoms with E-state index in [0.29, 0.717) is 0 Å². The number of benzene rings is 4. The summed E-state index contributed by atoms with van der Waals surface area (Å²) in [6.07, 6.45) is 12.2. The summed E-state index contributed by atoms with van der Waals surface area (Å²) in [7, 11) is 0. The molecule has 240 valence electrons. The number of halogens is 4. The van der Waals surface area contributed by atoms with E-state index in [4.69, 9.17) is 0 Å². The van der Waals surface area contributed by atoms with Crippen LogP contribution in [0.15, 0.2) is 109 Å². The van der Waals surface area contributed by atoms with Crippen molar-refractivity contribution >= 4 is 94.7 Å². The number of allylic oxidation sites excluding steroid dienone is 4. The van der Waals surface area contributed by atoms with Gasteiger partial charge in [0.05, 0.1) is 0 Å². The van der Waals surface area contributed by atoms with Gasteiger partial charge in [0.2, 0.25) is 0 Å². The Hall–Kier alpha value is -0.977. The summed E-state index contributed by atoms with van der Waals surface area (Å²) in [5, 5.41) is 5.49. The molecule has 0 heterocycles. The second-order valence-electron chi connectivity index (χ2n) is 13.4. The van der Waals surface area contributed by atoms with Crippen LogP contribution >= 0.6 is 70.0 Å². The first kappa shape index (κ1) is 41.2. The molecule has 5 heteroatoms. The van der Waals surface area contributed by atoms with Crippen LogP contribution in [0.4, 0.5) is 0 Å². The van der Waals surface area contributed by atoms with E-state index in [-0.39, 0.29) is 35.6 Å². The average molecular weight is 953 g/mol. The molecule has 0 atom stereocenters. The fraction of sp³-hybridized carbons (Fsp3) is 0.268. The molecule has 6 rings (SSSR count). The number of fused-ring (bicyclic) bond motifs is 3. The predicted octanol–water partition coefficient (Wildman–Crippen LogP) is 12.9. The van der Waals surface area contributed by atoms with Crippen molar-refractivity contribution < 1.29 is 24.2 Å². The molecular formula is C41H44Cl2I2Zr. The van der Waals surface area contributed by atoms with Gasteiger partial charge in [-0.3, -0.25) is 6.08 Å². The molecule has 0 aliphatic heterocycles. The molecule has 46 heavy (non-hydrogen) atoms. The van der Waals surface area contributed by atoms with E-state index in [9.17, 15) is 0 Å². The molecule has 0 saturated carbocycles. The van der Waals surface area contributed by atoms with Gasteiger partial charge in [-0.15, -0.1) is 71.0 Å². The molecule has 5 aromatic rings. The van der Waals surface area contributed by atoms with Crippen molar-refractivity contribution in [1.29, 1.82) is 0 Å². The normalized spacial score (nSPS) is 12.0. The van der Waals surface area contributed by atoms with Crippen LogP contribution in [-0.2, 0) is 47.9 Å². The van der Waals surface area contributed by atoms with Crippen LogP contribution in [0.5, 0.6) is 0 Å². The Kier molecular flexibility index (Phi) is 16.7. The first-order valence-electron chi connectivity index (χ1n) is 15.2. The molecule has 1 aliphatic rings. The van der Waals surface area contributed by atoms with E-state index in [1.54, 1.807) is 27.4 Å². The molecule has 0 aromatic heterocycles. The van der Waals surface area contributed by atoms with Gasteiger partial charge in [0, 0.05) is 0 Å². The molecule has 1 aliphatic carbocycles. The summed E-state index contributed by atoms with van der Waals surface area (Å²) in [6.45, 7) is 13.7. The molecule has 0 unspecified atom stereocenters. The quantitative estimate of drug-likeness (QED) is 0.124. The van der Waals surface area contributed by atoms with Gasteiger partial charge in [0.15, 0.2) is 0 Å². The third-order valence-corrected chi connectivity index (χ3v) is 10.7. The van der Waals surface area contributed by atoms with Crippen molar-refractivity contribution in [2.45, 2.75) is 71.6 Å². The van der Waals surface area contributed by atoms with E-state index in [1.807, 2.05) is 12.2 Å². The first-order chi connectivity index (χ1) is 20.8. The zero-order valence-corrected chi connectivity index (χ0v) is 36.0. The van der Waals surface area contributed by atoms with E-state index in [1.165, 1.54) is 50.9 Å². The van der Waals surface area contributed by atoms with E-state index < -0.39 is 0 Å². The molecule has 0 saturated heterocycles. The Morgan fingerprint density at radius 1 is 0.696 bits per heavy atom. The molecule has 0 nitrogen and oxygen atoms in total. The molecule has 5 aromatic carbocycles. The number of rotatable bonds is 4. The number of hydrogen-bond acceptors (Lipinski definition) is 0. The van der Waals surface area contributed by atoms with Crippen LogP contribution in [0.2, 0.25) is 0 Å². The minimum atomic E-state index is 0. The van der Waals surface area contributed by atoms with Gasteiger partial charge >= 0.3 is 152 Å². The van der Waals surface area contributed by atoms with Crippen molar-refractivity contribution in [2.24, 2.45) is 0 Å². The van der Waals surface area contributed by atoms with Crippen LogP contribution < -0.4 is 0 Å². The minimum absolute atomic E-state index is 0. The maximum atomic E-state index is 2.99. The number of hydrogen-bond donors (Lipinski definition) is 0. The van der Waals surface area contributed by atoms with Crippen LogP contribution in [-0.4, -0.2) is 3.21 Å². The average Bonchev–Trinajstić information content (AvgIpc) is 3.66. The SMILES string of the molecule is CC(C)(C)c1ccc2[cH-]c3ccc(C(C)(C)C)cc3c2c1.Cl.Cl.[C-]1=CC=CC1.[Zr+2]=[C](Cc1ccccc1I)Cc1ccccc1I. The molecule has 0 amide bonds. The summed E-state index contributed by atoms with van der Waals surface area (Å²) in [5.41, 5.74) is 6.11. The Labute approximate surface area is 331 Å². The molecule has 0 spiro atoms. The molecule has 0 fully saturated rings. The fourth-order valence-electron chi connectivity index (χ4n) is 5.08. The molecule has 0 bridgehead atoms. The van der Waals surface area contributed by atoms with Crippen LogP contribution in [0.1, 0.15) is 70.2 Å². The zero-order valence-electron chi connectivity index (χ0n) is 27.6. The zero-order chi connectivity index (χ0) is 31.9. The summed E-state index contributed by atoms with van der Waals surface area (Å²) < 4.78 is 4.35.